The number of rotatable bonds is 6. The van der Waals surface area contributed by atoms with E-state index < -0.39 is 17.7 Å². The predicted octanol–water partition coefficient (Wildman–Crippen LogP) is 4.23. The molecule has 0 bridgehead atoms. The summed E-state index contributed by atoms with van der Waals surface area (Å²) < 4.78 is 31.6. The maximum absolute atomic E-state index is 13.2. The number of halogens is 2. The molecule has 4 heteroatoms. The summed E-state index contributed by atoms with van der Waals surface area (Å²) in [5.41, 5.74) is 0.914. The third kappa shape index (κ3) is 4.02. The minimum Gasteiger partial charge on any atom is -0.494 e. The van der Waals surface area contributed by atoms with E-state index in [-0.39, 0.29) is 0 Å². The van der Waals surface area contributed by atoms with Gasteiger partial charge in [0, 0.05) is 0 Å². The van der Waals surface area contributed by atoms with Gasteiger partial charge in [0.25, 0.3) is 0 Å². The molecular weight excluding hydrogens is 274 g/mol. The highest BCUT2D eigenvalue weighted by Gasteiger charge is 2.13. The first-order valence-corrected chi connectivity index (χ1v) is 6.97. The Labute approximate surface area is 123 Å². The van der Waals surface area contributed by atoms with Crippen LogP contribution in [0.2, 0.25) is 0 Å². The van der Waals surface area contributed by atoms with Crippen molar-refractivity contribution in [2.75, 3.05) is 6.61 Å². The molecule has 21 heavy (non-hydrogen) atoms. The zero-order valence-electron chi connectivity index (χ0n) is 11.9. The van der Waals surface area contributed by atoms with E-state index in [1.54, 1.807) is 24.3 Å². The van der Waals surface area contributed by atoms with E-state index in [0.29, 0.717) is 17.7 Å². The molecule has 0 spiro atoms. The molecule has 112 valence electrons. The molecule has 0 fully saturated rings. The van der Waals surface area contributed by atoms with E-state index in [1.165, 1.54) is 6.07 Å². The molecule has 0 saturated carbocycles. The fraction of sp³-hybridized carbons (Fsp3) is 0.294. The molecule has 2 nitrogen and oxygen atoms in total. The summed E-state index contributed by atoms with van der Waals surface area (Å²) in [6.45, 7) is 2.74. The minimum atomic E-state index is -0.996. The van der Waals surface area contributed by atoms with Crippen LogP contribution in [-0.2, 0) is 0 Å². The lowest BCUT2D eigenvalue weighted by Gasteiger charge is -2.13. The van der Waals surface area contributed by atoms with Gasteiger partial charge in [0.05, 0.1) is 6.61 Å². The average Bonchev–Trinajstić information content (AvgIpc) is 2.50. The number of hydrogen-bond acceptors (Lipinski definition) is 2. The first-order valence-electron chi connectivity index (χ1n) is 6.97. The fourth-order valence-electron chi connectivity index (χ4n) is 1.96. The smallest absolute Gasteiger partial charge is 0.159 e. The van der Waals surface area contributed by atoms with Crippen LogP contribution in [-0.4, -0.2) is 11.7 Å². The van der Waals surface area contributed by atoms with E-state index in [9.17, 15) is 13.9 Å². The Morgan fingerprint density at radius 1 is 1.00 bits per heavy atom. The number of unbranched alkanes of at least 4 members (excludes halogenated alkanes) is 1. The second-order valence-electron chi connectivity index (χ2n) is 4.85. The maximum atomic E-state index is 13.2. The highest BCUT2D eigenvalue weighted by atomic mass is 19.2. The number of aliphatic hydroxyl groups excluding tert-OH is 1. The van der Waals surface area contributed by atoms with Crippen molar-refractivity contribution in [3.63, 3.8) is 0 Å². The predicted molar refractivity (Wildman–Crippen MR) is 77.3 cm³/mol. The molecule has 1 N–H and O–H groups in total. The quantitative estimate of drug-likeness (QED) is 0.808. The molecule has 0 aliphatic carbocycles. The van der Waals surface area contributed by atoms with Gasteiger partial charge < -0.3 is 9.84 Å². The van der Waals surface area contributed by atoms with Crippen LogP contribution in [0.15, 0.2) is 42.5 Å². The molecule has 1 unspecified atom stereocenters. The number of ether oxygens (including phenoxy) is 1. The van der Waals surface area contributed by atoms with Crippen molar-refractivity contribution in [2.24, 2.45) is 0 Å². The molecule has 1 atom stereocenters. The van der Waals surface area contributed by atoms with E-state index >= 15 is 0 Å². The van der Waals surface area contributed by atoms with E-state index in [4.69, 9.17) is 4.74 Å². The van der Waals surface area contributed by atoms with Gasteiger partial charge >= 0.3 is 0 Å². The van der Waals surface area contributed by atoms with Crippen molar-refractivity contribution < 1.29 is 18.6 Å². The van der Waals surface area contributed by atoms with Crippen molar-refractivity contribution in [1.29, 1.82) is 0 Å². The first kappa shape index (κ1) is 15.4. The van der Waals surface area contributed by atoms with Crippen LogP contribution in [0.5, 0.6) is 5.75 Å². The largest absolute Gasteiger partial charge is 0.494 e. The van der Waals surface area contributed by atoms with Crippen LogP contribution in [0.25, 0.3) is 0 Å². The van der Waals surface area contributed by atoms with Crippen LogP contribution in [0.3, 0.4) is 0 Å². The minimum absolute atomic E-state index is 0.313. The lowest BCUT2D eigenvalue weighted by molar-refractivity contribution is 0.219. The first-order chi connectivity index (χ1) is 10.1. The molecule has 0 aliphatic heterocycles. The highest BCUT2D eigenvalue weighted by molar-refractivity contribution is 5.34. The van der Waals surface area contributed by atoms with Crippen molar-refractivity contribution in [3.8, 4) is 5.75 Å². The van der Waals surface area contributed by atoms with Gasteiger partial charge in [-0.15, -0.1) is 0 Å². The van der Waals surface area contributed by atoms with Gasteiger partial charge in [0.15, 0.2) is 11.6 Å². The topological polar surface area (TPSA) is 29.5 Å². The molecule has 2 aromatic rings. The second kappa shape index (κ2) is 7.18. The number of hydrogen-bond donors (Lipinski definition) is 1. The molecule has 2 rings (SSSR count). The molecule has 0 radical (unpaired) electrons. The third-order valence-electron chi connectivity index (χ3n) is 3.22. The SMILES string of the molecule is CCCCOc1ccc(C(O)c2ccc(F)c(F)c2)cc1. The molecule has 2 aromatic carbocycles. The lowest BCUT2D eigenvalue weighted by Crippen LogP contribution is -2.02. The van der Waals surface area contributed by atoms with Crippen molar-refractivity contribution >= 4 is 0 Å². The summed E-state index contributed by atoms with van der Waals surface area (Å²) >= 11 is 0. The number of aliphatic hydroxyl groups is 1. The highest BCUT2D eigenvalue weighted by Crippen LogP contribution is 2.25. The van der Waals surface area contributed by atoms with Gasteiger partial charge in [-0.3, -0.25) is 0 Å². The van der Waals surface area contributed by atoms with E-state index in [1.807, 2.05) is 0 Å². The normalized spacial score (nSPS) is 12.2. The summed E-state index contributed by atoms with van der Waals surface area (Å²) in [5, 5.41) is 10.2. The second-order valence-corrected chi connectivity index (χ2v) is 4.85. The summed E-state index contributed by atoms with van der Waals surface area (Å²) in [4.78, 5) is 0. The standard InChI is InChI=1S/C17H18F2O2/c1-2-3-10-21-14-7-4-12(5-8-14)17(20)13-6-9-15(18)16(19)11-13/h4-9,11,17,20H,2-3,10H2,1H3. The summed E-state index contributed by atoms with van der Waals surface area (Å²) in [7, 11) is 0. The van der Waals surface area contributed by atoms with Crippen LogP contribution in [0.1, 0.15) is 37.0 Å². The van der Waals surface area contributed by atoms with Gasteiger partial charge in [0.2, 0.25) is 0 Å². The fourth-order valence-corrected chi connectivity index (χ4v) is 1.96. The third-order valence-corrected chi connectivity index (χ3v) is 3.22. The zero-order valence-corrected chi connectivity index (χ0v) is 11.9. The molecular formula is C17H18F2O2. The van der Waals surface area contributed by atoms with Crippen molar-refractivity contribution in [1.82, 2.24) is 0 Å². The van der Waals surface area contributed by atoms with Crippen molar-refractivity contribution in [3.05, 3.63) is 65.2 Å². The average molecular weight is 292 g/mol. The molecule has 0 amide bonds. The molecule has 0 heterocycles. The maximum Gasteiger partial charge on any atom is 0.159 e. The van der Waals surface area contributed by atoms with Crippen molar-refractivity contribution in [2.45, 2.75) is 25.9 Å². The summed E-state index contributed by atoms with van der Waals surface area (Å²) in [6.07, 6.45) is 1.05. The van der Waals surface area contributed by atoms with E-state index in [0.717, 1.165) is 30.7 Å². The van der Waals surface area contributed by atoms with Crippen LogP contribution in [0.4, 0.5) is 8.78 Å². The Morgan fingerprint density at radius 2 is 1.67 bits per heavy atom. The van der Waals surface area contributed by atoms with Gasteiger partial charge in [-0.25, -0.2) is 8.78 Å². The molecule has 0 saturated heterocycles. The molecule has 0 aromatic heterocycles. The Balaban J connectivity index is 2.08. The molecule has 0 aliphatic rings. The van der Waals surface area contributed by atoms with E-state index in [2.05, 4.69) is 6.92 Å². The van der Waals surface area contributed by atoms with Gasteiger partial charge in [0.1, 0.15) is 11.9 Å². The Morgan fingerprint density at radius 3 is 2.29 bits per heavy atom. The van der Waals surface area contributed by atoms with Crippen LogP contribution < -0.4 is 4.74 Å². The monoisotopic (exact) mass is 292 g/mol. The lowest BCUT2D eigenvalue weighted by atomic mass is 10.0. The van der Waals surface area contributed by atoms with Crippen LogP contribution in [0, 0.1) is 11.6 Å². The zero-order chi connectivity index (χ0) is 15.2. The van der Waals surface area contributed by atoms with Gasteiger partial charge in [-0.1, -0.05) is 31.5 Å². The van der Waals surface area contributed by atoms with Gasteiger partial charge in [-0.05, 0) is 41.8 Å². The number of benzene rings is 2. The Kier molecular flexibility index (Phi) is 5.28. The Hall–Kier alpha value is -1.94. The summed E-state index contributed by atoms with van der Waals surface area (Å²) in [5.74, 6) is -1.17. The van der Waals surface area contributed by atoms with Gasteiger partial charge in [-0.2, -0.15) is 0 Å². The Bertz CT molecular complexity index is 582. The van der Waals surface area contributed by atoms with Crippen LogP contribution >= 0.6 is 0 Å². The summed E-state index contributed by atoms with van der Waals surface area (Å²) in [6, 6.07) is 10.3.